The van der Waals surface area contributed by atoms with Gasteiger partial charge in [0.1, 0.15) is 0 Å². The van der Waals surface area contributed by atoms with Crippen molar-refractivity contribution in [2.24, 2.45) is 0 Å². The van der Waals surface area contributed by atoms with Gasteiger partial charge in [0.15, 0.2) is 0 Å². The highest BCUT2D eigenvalue weighted by Gasteiger charge is 2.08. The quantitative estimate of drug-likeness (QED) is 0.763. The first-order valence-electron chi connectivity index (χ1n) is 6.51. The molecule has 0 fully saturated rings. The molecule has 0 radical (unpaired) electrons. The lowest BCUT2D eigenvalue weighted by atomic mass is 9.95. The predicted octanol–water partition coefficient (Wildman–Crippen LogP) is 3.94. The molecule has 2 aromatic carbocycles. The van der Waals surface area contributed by atoms with Crippen LogP contribution in [0, 0.1) is 0 Å². The van der Waals surface area contributed by atoms with E-state index in [1.54, 1.807) is 0 Å². The third-order valence-corrected chi connectivity index (χ3v) is 3.23. The van der Waals surface area contributed by atoms with Crippen LogP contribution in [0.4, 0.5) is 0 Å². The molecule has 90 valence electrons. The molecule has 1 heteroatoms. The van der Waals surface area contributed by atoms with Gasteiger partial charge in [0.05, 0.1) is 0 Å². The van der Waals surface area contributed by atoms with E-state index in [2.05, 4.69) is 61.6 Å². The van der Waals surface area contributed by atoms with Crippen molar-refractivity contribution < 1.29 is 0 Å². The largest absolute Gasteiger partial charge is 0.316 e. The molecular weight excluding hydrogens is 206 g/mol. The van der Waals surface area contributed by atoms with E-state index >= 15 is 0 Å². The van der Waals surface area contributed by atoms with Crippen molar-refractivity contribution in [3.63, 3.8) is 0 Å². The van der Waals surface area contributed by atoms with Crippen LogP contribution in [0.3, 0.4) is 0 Å². The van der Waals surface area contributed by atoms with Crippen molar-refractivity contribution in [2.45, 2.75) is 26.2 Å². The molecule has 0 amide bonds. The Morgan fingerprint density at radius 3 is 2.65 bits per heavy atom. The summed E-state index contributed by atoms with van der Waals surface area (Å²) in [5.74, 6) is 0.563. The van der Waals surface area contributed by atoms with E-state index in [1.807, 2.05) is 0 Å². The molecule has 0 bridgehead atoms. The Kier molecular flexibility index (Phi) is 4.16. The molecule has 0 spiro atoms. The number of hydrogen-bond donors (Lipinski definition) is 1. The Morgan fingerprint density at radius 1 is 1.06 bits per heavy atom. The predicted molar refractivity (Wildman–Crippen MR) is 75.5 cm³/mol. The zero-order valence-corrected chi connectivity index (χ0v) is 10.7. The van der Waals surface area contributed by atoms with Crippen LogP contribution >= 0.6 is 0 Å². The summed E-state index contributed by atoms with van der Waals surface area (Å²) < 4.78 is 0. The summed E-state index contributed by atoms with van der Waals surface area (Å²) >= 11 is 0. The van der Waals surface area contributed by atoms with E-state index in [1.165, 1.54) is 22.8 Å². The standard InChI is InChI=1S/C16H21N/c1-3-11-17-12-13(2)15-10-6-8-14-7-4-5-9-16(14)15/h4-10,13,17H,3,11-12H2,1-2H3. The summed E-state index contributed by atoms with van der Waals surface area (Å²) in [6.07, 6.45) is 1.20. The highest BCUT2D eigenvalue weighted by Crippen LogP contribution is 2.24. The Labute approximate surface area is 104 Å². The number of benzene rings is 2. The Balaban J connectivity index is 2.22. The van der Waals surface area contributed by atoms with E-state index in [9.17, 15) is 0 Å². The lowest BCUT2D eigenvalue weighted by Gasteiger charge is -2.15. The second-order valence-electron chi connectivity index (χ2n) is 4.67. The minimum absolute atomic E-state index is 0.563. The minimum atomic E-state index is 0.563. The third kappa shape index (κ3) is 2.86. The van der Waals surface area contributed by atoms with Crippen LogP contribution in [0.25, 0.3) is 10.8 Å². The molecule has 2 aromatic rings. The average molecular weight is 227 g/mol. The van der Waals surface area contributed by atoms with Crippen molar-refractivity contribution >= 4 is 10.8 Å². The van der Waals surface area contributed by atoms with Gasteiger partial charge in [-0.1, -0.05) is 56.3 Å². The fraction of sp³-hybridized carbons (Fsp3) is 0.375. The third-order valence-electron chi connectivity index (χ3n) is 3.23. The van der Waals surface area contributed by atoms with Crippen LogP contribution in [0.5, 0.6) is 0 Å². The minimum Gasteiger partial charge on any atom is -0.316 e. The maximum absolute atomic E-state index is 3.50. The molecule has 0 aliphatic heterocycles. The normalized spacial score (nSPS) is 12.8. The molecule has 0 aliphatic rings. The van der Waals surface area contributed by atoms with E-state index < -0.39 is 0 Å². The van der Waals surface area contributed by atoms with Gasteiger partial charge in [-0.15, -0.1) is 0 Å². The van der Waals surface area contributed by atoms with Crippen LogP contribution in [0.2, 0.25) is 0 Å². The van der Waals surface area contributed by atoms with E-state index in [4.69, 9.17) is 0 Å². The van der Waals surface area contributed by atoms with Gasteiger partial charge in [-0.05, 0) is 35.2 Å². The summed E-state index contributed by atoms with van der Waals surface area (Å²) in [6.45, 7) is 6.66. The molecule has 1 nitrogen and oxygen atoms in total. The van der Waals surface area contributed by atoms with Gasteiger partial charge < -0.3 is 5.32 Å². The number of fused-ring (bicyclic) bond motifs is 1. The first-order valence-corrected chi connectivity index (χ1v) is 6.51. The van der Waals surface area contributed by atoms with Gasteiger partial charge in [-0.3, -0.25) is 0 Å². The average Bonchev–Trinajstić information content (AvgIpc) is 2.38. The topological polar surface area (TPSA) is 12.0 Å². The van der Waals surface area contributed by atoms with Crippen LogP contribution in [-0.4, -0.2) is 13.1 Å². The summed E-state index contributed by atoms with van der Waals surface area (Å²) in [7, 11) is 0. The first-order chi connectivity index (χ1) is 8.33. The van der Waals surface area contributed by atoms with E-state index in [0.717, 1.165) is 13.1 Å². The smallest absolute Gasteiger partial charge is 0.00177 e. The molecular formula is C16H21N. The molecule has 1 N–H and O–H groups in total. The second kappa shape index (κ2) is 5.83. The van der Waals surface area contributed by atoms with Crippen molar-refractivity contribution in [1.82, 2.24) is 5.32 Å². The van der Waals surface area contributed by atoms with Crippen LogP contribution < -0.4 is 5.32 Å². The monoisotopic (exact) mass is 227 g/mol. The molecule has 1 unspecified atom stereocenters. The molecule has 0 aromatic heterocycles. The molecule has 0 aliphatic carbocycles. The maximum Gasteiger partial charge on any atom is 0.00177 e. The number of rotatable bonds is 5. The van der Waals surface area contributed by atoms with Gasteiger partial charge >= 0.3 is 0 Å². The first kappa shape index (κ1) is 12.1. The fourth-order valence-electron chi connectivity index (χ4n) is 2.29. The highest BCUT2D eigenvalue weighted by atomic mass is 14.8. The summed E-state index contributed by atoms with van der Waals surface area (Å²) in [6, 6.07) is 15.2. The number of nitrogens with one attached hydrogen (secondary N) is 1. The van der Waals surface area contributed by atoms with Gasteiger partial charge in [-0.25, -0.2) is 0 Å². The Hall–Kier alpha value is -1.34. The Morgan fingerprint density at radius 2 is 1.82 bits per heavy atom. The maximum atomic E-state index is 3.50. The van der Waals surface area contributed by atoms with E-state index in [0.29, 0.717) is 5.92 Å². The van der Waals surface area contributed by atoms with Crippen LogP contribution in [0.15, 0.2) is 42.5 Å². The SMILES string of the molecule is CCCNCC(C)c1cccc2ccccc12. The zero-order valence-electron chi connectivity index (χ0n) is 10.7. The molecule has 0 heterocycles. The van der Waals surface area contributed by atoms with Gasteiger partial charge in [-0.2, -0.15) is 0 Å². The zero-order chi connectivity index (χ0) is 12.1. The van der Waals surface area contributed by atoms with Crippen molar-refractivity contribution in [2.75, 3.05) is 13.1 Å². The number of hydrogen-bond acceptors (Lipinski definition) is 1. The Bertz CT molecular complexity index is 470. The fourth-order valence-corrected chi connectivity index (χ4v) is 2.29. The second-order valence-corrected chi connectivity index (χ2v) is 4.67. The van der Waals surface area contributed by atoms with Gasteiger partial charge in [0.25, 0.3) is 0 Å². The van der Waals surface area contributed by atoms with E-state index in [-0.39, 0.29) is 0 Å². The van der Waals surface area contributed by atoms with Gasteiger partial charge in [0, 0.05) is 6.54 Å². The summed E-state index contributed by atoms with van der Waals surface area (Å²) in [5, 5.41) is 6.23. The molecule has 2 rings (SSSR count). The van der Waals surface area contributed by atoms with Crippen molar-refractivity contribution in [1.29, 1.82) is 0 Å². The lowest BCUT2D eigenvalue weighted by molar-refractivity contribution is 0.611. The molecule has 1 atom stereocenters. The highest BCUT2D eigenvalue weighted by molar-refractivity contribution is 5.86. The lowest BCUT2D eigenvalue weighted by Crippen LogP contribution is -2.20. The summed E-state index contributed by atoms with van der Waals surface area (Å²) in [4.78, 5) is 0. The molecule has 0 saturated heterocycles. The molecule has 0 saturated carbocycles. The van der Waals surface area contributed by atoms with Gasteiger partial charge in [0.2, 0.25) is 0 Å². The van der Waals surface area contributed by atoms with Crippen LogP contribution in [0.1, 0.15) is 31.7 Å². The van der Waals surface area contributed by atoms with Crippen LogP contribution in [-0.2, 0) is 0 Å². The van der Waals surface area contributed by atoms with Crippen molar-refractivity contribution in [3.8, 4) is 0 Å². The molecule has 17 heavy (non-hydrogen) atoms. The summed E-state index contributed by atoms with van der Waals surface area (Å²) in [5.41, 5.74) is 1.45. The van der Waals surface area contributed by atoms with Crippen molar-refractivity contribution in [3.05, 3.63) is 48.0 Å².